The lowest BCUT2D eigenvalue weighted by molar-refractivity contribution is -0.137. The number of aryl methyl sites for hydroxylation is 1. The number of piperidine rings is 1. The molecule has 0 spiro atoms. The maximum absolute atomic E-state index is 12.9. The van der Waals surface area contributed by atoms with E-state index in [2.05, 4.69) is 18.7 Å². The molecule has 1 aromatic rings. The fourth-order valence-corrected chi connectivity index (χ4v) is 6.92. The summed E-state index contributed by atoms with van der Waals surface area (Å²) in [6.07, 6.45) is 2.62. The molecule has 0 radical (unpaired) electrons. The molecule has 4 unspecified atom stereocenters. The van der Waals surface area contributed by atoms with Gasteiger partial charge in [0.2, 0.25) is 5.91 Å². The highest BCUT2D eigenvalue weighted by Gasteiger charge is 2.80. The molecule has 1 aromatic carbocycles. The molecule has 25 heavy (non-hydrogen) atoms. The van der Waals surface area contributed by atoms with Crippen LogP contribution in [0.2, 0.25) is 0 Å². The second-order valence-electron chi connectivity index (χ2n) is 8.41. The number of hydrazine groups is 1. The van der Waals surface area contributed by atoms with Crippen molar-refractivity contribution in [3.8, 4) is 0 Å². The molecule has 2 saturated carbocycles. The lowest BCUT2D eigenvalue weighted by atomic mass is 9.65. The van der Waals surface area contributed by atoms with Crippen LogP contribution in [-0.4, -0.2) is 31.4 Å². The summed E-state index contributed by atoms with van der Waals surface area (Å²) in [5, 5.41) is 1.63. The molecule has 3 aliphatic rings. The van der Waals surface area contributed by atoms with E-state index in [1.807, 2.05) is 6.92 Å². The fraction of sp³-hybridized carbons (Fsp3) is 0.611. The molecule has 7 heteroatoms. The first-order valence-electron chi connectivity index (χ1n) is 8.74. The van der Waals surface area contributed by atoms with Crippen molar-refractivity contribution in [3.63, 3.8) is 0 Å². The van der Waals surface area contributed by atoms with Crippen LogP contribution in [0.5, 0.6) is 0 Å². The highest BCUT2D eigenvalue weighted by molar-refractivity contribution is 7.89. The normalized spacial score (nSPS) is 39.9. The molecule has 4 atom stereocenters. The zero-order valence-electron chi connectivity index (χ0n) is 14.9. The van der Waals surface area contributed by atoms with E-state index in [0.29, 0.717) is 18.9 Å². The van der Waals surface area contributed by atoms with Gasteiger partial charge in [-0.2, -0.15) is 0 Å². The Hall–Kier alpha value is -1.44. The molecule has 1 heterocycles. The minimum Gasteiger partial charge on any atom is -0.368 e. The van der Waals surface area contributed by atoms with Crippen molar-refractivity contribution in [2.75, 3.05) is 6.54 Å². The quantitative estimate of drug-likeness (QED) is 0.849. The molecule has 1 aliphatic heterocycles. The zero-order chi connectivity index (χ0) is 18.3. The molecular formula is C18H25N3O3S. The minimum absolute atomic E-state index is 0.0994. The number of hydrogen-bond acceptors (Lipinski definition) is 4. The Bertz CT molecular complexity index is 853. The Morgan fingerprint density at radius 2 is 1.92 bits per heavy atom. The van der Waals surface area contributed by atoms with Gasteiger partial charge in [0.15, 0.2) is 0 Å². The SMILES string of the molecule is Cc1ccc(S(=O)(=O)NN2CC3(C)C4CCC3(C)C2(C(N)=O)C4)cc1. The highest BCUT2D eigenvalue weighted by atomic mass is 32.2. The van der Waals surface area contributed by atoms with Crippen LogP contribution in [0.15, 0.2) is 29.2 Å². The van der Waals surface area contributed by atoms with Crippen molar-refractivity contribution in [1.29, 1.82) is 0 Å². The molecule has 136 valence electrons. The van der Waals surface area contributed by atoms with Crippen molar-refractivity contribution in [2.45, 2.75) is 50.5 Å². The van der Waals surface area contributed by atoms with E-state index in [1.165, 1.54) is 0 Å². The molecule has 6 nitrogen and oxygen atoms in total. The van der Waals surface area contributed by atoms with E-state index in [9.17, 15) is 13.2 Å². The van der Waals surface area contributed by atoms with Crippen LogP contribution in [-0.2, 0) is 14.8 Å². The van der Waals surface area contributed by atoms with Gasteiger partial charge >= 0.3 is 0 Å². The Labute approximate surface area is 148 Å². The third-order valence-electron chi connectivity index (χ3n) is 7.53. The molecule has 4 bridgehead atoms. The number of nitrogens with zero attached hydrogens (tertiary/aromatic N) is 1. The first kappa shape index (κ1) is 17.0. The maximum Gasteiger partial charge on any atom is 0.253 e. The summed E-state index contributed by atoms with van der Waals surface area (Å²) >= 11 is 0. The van der Waals surface area contributed by atoms with Gasteiger partial charge in [0.05, 0.1) is 4.90 Å². The van der Waals surface area contributed by atoms with Gasteiger partial charge in [-0.25, -0.2) is 13.4 Å². The number of rotatable bonds is 4. The van der Waals surface area contributed by atoms with E-state index in [-0.39, 0.29) is 15.7 Å². The standard InChI is InChI=1S/C18H25N3O3S/c1-12-4-6-14(7-5-12)25(23,24)20-21-11-16(2)13-8-9-17(16,3)18(21,10-13)15(19)22/h4-7,13,20H,8-11H2,1-3H3,(H2,19,22). The number of nitrogens with one attached hydrogen (secondary N) is 1. The predicted molar refractivity (Wildman–Crippen MR) is 93.7 cm³/mol. The number of carbonyl (C=O) groups excluding carboxylic acids is 1. The van der Waals surface area contributed by atoms with Crippen molar-refractivity contribution in [1.82, 2.24) is 9.84 Å². The number of benzene rings is 1. The number of sulfonamides is 1. The number of amides is 1. The van der Waals surface area contributed by atoms with Gasteiger partial charge in [-0.3, -0.25) is 4.79 Å². The van der Waals surface area contributed by atoms with Gasteiger partial charge < -0.3 is 5.73 Å². The Balaban J connectivity index is 1.73. The number of hydrogen-bond donors (Lipinski definition) is 2. The van der Waals surface area contributed by atoms with Crippen LogP contribution >= 0.6 is 0 Å². The molecule has 1 amide bonds. The summed E-state index contributed by atoms with van der Waals surface area (Å²) < 4.78 is 25.7. The van der Waals surface area contributed by atoms with E-state index >= 15 is 0 Å². The van der Waals surface area contributed by atoms with Crippen LogP contribution in [0.4, 0.5) is 0 Å². The second kappa shape index (κ2) is 4.84. The van der Waals surface area contributed by atoms with Crippen LogP contribution in [0.1, 0.15) is 38.7 Å². The van der Waals surface area contributed by atoms with Gasteiger partial charge in [0.1, 0.15) is 5.54 Å². The van der Waals surface area contributed by atoms with Crippen LogP contribution in [0.25, 0.3) is 0 Å². The predicted octanol–water partition coefficient (Wildman–Crippen LogP) is 1.55. The molecular weight excluding hydrogens is 338 g/mol. The Morgan fingerprint density at radius 3 is 2.48 bits per heavy atom. The van der Waals surface area contributed by atoms with E-state index < -0.39 is 21.5 Å². The van der Waals surface area contributed by atoms with E-state index in [4.69, 9.17) is 5.73 Å². The van der Waals surface area contributed by atoms with Crippen molar-refractivity contribution in [3.05, 3.63) is 29.8 Å². The first-order valence-corrected chi connectivity index (χ1v) is 10.2. The van der Waals surface area contributed by atoms with Crippen molar-refractivity contribution < 1.29 is 13.2 Å². The molecule has 0 aromatic heterocycles. The van der Waals surface area contributed by atoms with E-state index in [1.54, 1.807) is 29.3 Å². The van der Waals surface area contributed by atoms with Gasteiger partial charge in [0.25, 0.3) is 10.0 Å². The first-order chi connectivity index (χ1) is 11.6. The summed E-state index contributed by atoms with van der Waals surface area (Å²) in [7, 11) is -3.76. The minimum atomic E-state index is -3.76. The van der Waals surface area contributed by atoms with Crippen LogP contribution < -0.4 is 10.6 Å². The maximum atomic E-state index is 12.9. The molecule has 4 rings (SSSR count). The number of nitrogens with two attached hydrogens (primary N) is 1. The molecule has 3 N–H and O–H groups in total. The summed E-state index contributed by atoms with van der Waals surface area (Å²) in [4.78, 5) is 15.4. The Morgan fingerprint density at radius 1 is 1.28 bits per heavy atom. The summed E-state index contributed by atoms with van der Waals surface area (Å²) in [6, 6.07) is 6.69. The summed E-state index contributed by atoms with van der Waals surface area (Å²) in [6.45, 7) is 6.70. The molecule has 2 aliphatic carbocycles. The lowest BCUT2D eigenvalue weighted by Crippen LogP contribution is -2.65. The van der Waals surface area contributed by atoms with Crippen LogP contribution in [0, 0.1) is 23.7 Å². The average molecular weight is 363 g/mol. The highest BCUT2D eigenvalue weighted by Crippen LogP contribution is 2.75. The lowest BCUT2D eigenvalue weighted by Gasteiger charge is -2.45. The molecule has 1 saturated heterocycles. The summed E-state index contributed by atoms with van der Waals surface area (Å²) in [5.74, 6) is -0.00217. The largest absolute Gasteiger partial charge is 0.368 e. The Kier molecular flexibility index (Phi) is 3.29. The average Bonchev–Trinajstić information content (AvgIpc) is 2.96. The monoisotopic (exact) mass is 363 g/mol. The smallest absolute Gasteiger partial charge is 0.253 e. The third kappa shape index (κ3) is 1.86. The number of carbonyl (C=O) groups is 1. The van der Waals surface area contributed by atoms with Gasteiger partial charge in [-0.1, -0.05) is 31.5 Å². The number of primary amides is 1. The fourth-order valence-electron chi connectivity index (χ4n) is 5.81. The topological polar surface area (TPSA) is 92.5 Å². The van der Waals surface area contributed by atoms with Gasteiger partial charge in [-0.05, 0) is 49.7 Å². The zero-order valence-corrected chi connectivity index (χ0v) is 15.7. The van der Waals surface area contributed by atoms with Crippen LogP contribution in [0.3, 0.4) is 0 Å². The van der Waals surface area contributed by atoms with Crippen molar-refractivity contribution >= 4 is 15.9 Å². The summed E-state index contributed by atoms with van der Waals surface area (Å²) in [5.41, 5.74) is 5.50. The molecule has 3 fully saturated rings. The van der Waals surface area contributed by atoms with E-state index in [0.717, 1.165) is 18.4 Å². The van der Waals surface area contributed by atoms with Crippen molar-refractivity contribution in [2.24, 2.45) is 22.5 Å². The van der Waals surface area contributed by atoms with Gasteiger partial charge in [0, 0.05) is 12.0 Å². The second-order valence-corrected chi connectivity index (χ2v) is 10.1. The van der Waals surface area contributed by atoms with Gasteiger partial charge in [-0.15, -0.1) is 4.83 Å². The third-order valence-corrected chi connectivity index (χ3v) is 8.88.